The lowest BCUT2D eigenvalue weighted by molar-refractivity contribution is -0.115. The van der Waals surface area contributed by atoms with Gasteiger partial charge in [-0.1, -0.05) is 15.9 Å². The highest BCUT2D eigenvalue weighted by atomic mass is 79.9. The van der Waals surface area contributed by atoms with E-state index in [2.05, 4.69) is 36.6 Å². The van der Waals surface area contributed by atoms with Gasteiger partial charge in [-0.05, 0) is 55.8 Å². The van der Waals surface area contributed by atoms with Gasteiger partial charge in [-0.15, -0.1) is 0 Å². The van der Waals surface area contributed by atoms with Crippen molar-refractivity contribution in [1.29, 1.82) is 0 Å². The van der Waals surface area contributed by atoms with Crippen molar-refractivity contribution in [3.05, 3.63) is 64.0 Å². The molecule has 4 aromatic rings. The molecule has 0 saturated carbocycles. The number of fused-ring (bicyclic) bond motifs is 1. The van der Waals surface area contributed by atoms with E-state index in [1.54, 1.807) is 42.3 Å². The normalized spacial score (nSPS) is 11.0. The molecule has 0 aliphatic heterocycles. The minimum absolute atomic E-state index is 0.173. The van der Waals surface area contributed by atoms with Crippen LogP contribution in [0.25, 0.3) is 22.5 Å². The van der Waals surface area contributed by atoms with Gasteiger partial charge in [0.15, 0.2) is 11.4 Å². The molecule has 2 amide bonds. The number of aryl methyl sites for hydroxylation is 3. The van der Waals surface area contributed by atoms with Crippen LogP contribution in [0.2, 0.25) is 0 Å². The Bertz CT molecular complexity index is 1290. The summed E-state index contributed by atoms with van der Waals surface area (Å²) in [5.41, 5.74) is 3.74. The van der Waals surface area contributed by atoms with Crippen molar-refractivity contribution in [1.82, 2.24) is 20.1 Å². The first-order valence-electron chi connectivity index (χ1n) is 9.56. The molecule has 0 spiro atoms. The third-order valence-electron chi connectivity index (χ3n) is 4.86. The summed E-state index contributed by atoms with van der Waals surface area (Å²) in [5, 5.41) is 10.5. The van der Waals surface area contributed by atoms with Crippen LogP contribution < -0.4 is 10.6 Å². The Labute approximate surface area is 186 Å². The molecule has 0 fully saturated rings. The van der Waals surface area contributed by atoms with Crippen molar-refractivity contribution in [2.45, 2.75) is 13.8 Å². The summed E-state index contributed by atoms with van der Waals surface area (Å²) in [6.45, 7) is 3.54. The number of nitrogens with one attached hydrogen (secondary N) is 2. The van der Waals surface area contributed by atoms with Gasteiger partial charge in [0, 0.05) is 17.2 Å². The lowest BCUT2D eigenvalue weighted by atomic mass is 10.1. The SMILES string of the molecule is Cc1cc(Br)ccc1NC(=O)CNC(=O)c1cc(-c2ccco2)nc2c1c(C)nn2C. The monoisotopic (exact) mass is 481 g/mol. The van der Waals surface area contributed by atoms with E-state index in [-0.39, 0.29) is 18.4 Å². The van der Waals surface area contributed by atoms with E-state index in [0.29, 0.717) is 39.4 Å². The number of rotatable bonds is 5. The molecular weight excluding hydrogens is 462 g/mol. The van der Waals surface area contributed by atoms with Crippen LogP contribution in [0.3, 0.4) is 0 Å². The number of halogens is 1. The van der Waals surface area contributed by atoms with Crippen molar-refractivity contribution in [3.8, 4) is 11.5 Å². The number of hydrogen-bond acceptors (Lipinski definition) is 5. The predicted octanol–water partition coefficient (Wildman–Crippen LogP) is 3.98. The second-order valence-electron chi connectivity index (χ2n) is 7.13. The third-order valence-corrected chi connectivity index (χ3v) is 5.35. The first-order chi connectivity index (χ1) is 14.8. The summed E-state index contributed by atoms with van der Waals surface area (Å²) >= 11 is 3.40. The zero-order chi connectivity index (χ0) is 22.1. The molecule has 2 N–H and O–H groups in total. The van der Waals surface area contributed by atoms with E-state index in [1.807, 2.05) is 26.0 Å². The molecule has 158 valence electrons. The molecule has 0 aliphatic rings. The second kappa shape index (κ2) is 8.35. The number of benzene rings is 1. The average molecular weight is 482 g/mol. The van der Waals surface area contributed by atoms with Crippen molar-refractivity contribution in [2.24, 2.45) is 7.05 Å². The molecule has 0 bridgehead atoms. The molecular formula is C22H20BrN5O3. The smallest absolute Gasteiger partial charge is 0.252 e. The summed E-state index contributed by atoms with van der Waals surface area (Å²) in [5.74, 6) is -0.171. The minimum Gasteiger partial charge on any atom is -0.463 e. The first kappa shape index (κ1) is 20.8. The number of hydrogen-bond donors (Lipinski definition) is 2. The number of carbonyl (C=O) groups excluding carboxylic acids is 2. The predicted molar refractivity (Wildman–Crippen MR) is 121 cm³/mol. The summed E-state index contributed by atoms with van der Waals surface area (Å²) in [6, 6.07) is 10.7. The van der Waals surface area contributed by atoms with Crippen LogP contribution >= 0.6 is 15.9 Å². The van der Waals surface area contributed by atoms with Gasteiger partial charge >= 0.3 is 0 Å². The van der Waals surface area contributed by atoms with Crippen LogP contribution in [-0.2, 0) is 11.8 Å². The van der Waals surface area contributed by atoms with Gasteiger partial charge in [0.25, 0.3) is 5.91 Å². The number of anilines is 1. The minimum atomic E-state index is -0.390. The Hall–Kier alpha value is -3.46. The molecule has 31 heavy (non-hydrogen) atoms. The molecule has 9 heteroatoms. The fraction of sp³-hybridized carbons (Fsp3) is 0.182. The van der Waals surface area contributed by atoms with Crippen LogP contribution in [0.1, 0.15) is 21.6 Å². The quantitative estimate of drug-likeness (QED) is 0.448. The van der Waals surface area contributed by atoms with E-state index in [1.165, 1.54) is 0 Å². The molecule has 0 saturated heterocycles. The lowest BCUT2D eigenvalue weighted by Crippen LogP contribution is -2.33. The summed E-state index contributed by atoms with van der Waals surface area (Å²) in [7, 11) is 1.77. The van der Waals surface area contributed by atoms with E-state index < -0.39 is 0 Å². The van der Waals surface area contributed by atoms with Crippen LogP contribution in [0.15, 0.2) is 51.6 Å². The number of nitrogens with zero attached hydrogens (tertiary/aromatic N) is 3. The molecule has 0 radical (unpaired) electrons. The first-order valence-corrected chi connectivity index (χ1v) is 10.3. The maximum atomic E-state index is 13.0. The highest BCUT2D eigenvalue weighted by Gasteiger charge is 2.20. The number of amides is 2. The molecule has 4 rings (SSSR count). The number of pyridine rings is 1. The number of furan rings is 1. The lowest BCUT2D eigenvalue weighted by Gasteiger charge is -2.11. The standard InChI is InChI=1S/C22H20BrN5O3/c1-12-9-14(23)6-7-16(12)25-19(29)11-24-22(30)15-10-17(18-5-4-8-31-18)26-21-20(15)13(2)27-28(21)3/h4-10H,11H2,1-3H3,(H,24,30)(H,25,29). The highest BCUT2D eigenvalue weighted by molar-refractivity contribution is 9.10. The van der Waals surface area contributed by atoms with E-state index in [9.17, 15) is 9.59 Å². The van der Waals surface area contributed by atoms with Gasteiger partial charge in [0.05, 0.1) is 29.5 Å². The van der Waals surface area contributed by atoms with Gasteiger partial charge in [-0.2, -0.15) is 5.10 Å². The van der Waals surface area contributed by atoms with Crippen molar-refractivity contribution < 1.29 is 14.0 Å². The maximum Gasteiger partial charge on any atom is 0.252 e. The zero-order valence-corrected chi connectivity index (χ0v) is 18.8. The van der Waals surface area contributed by atoms with Crippen LogP contribution in [-0.4, -0.2) is 33.1 Å². The zero-order valence-electron chi connectivity index (χ0n) is 17.2. The number of aromatic nitrogens is 3. The Balaban J connectivity index is 1.58. The summed E-state index contributed by atoms with van der Waals surface area (Å²) in [6.07, 6.45) is 1.55. The molecule has 8 nitrogen and oxygen atoms in total. The fourth-order valence-electron chi connectivity index (χ4n) is 3.39. The average Bonchev–Trinajstić information content (AvgIpc) is 3.36. The maximum absolute atomic E-state index is 13.0. The molecule has 0 atom stereocenters. The van der Waals surface area contributed by atoms with Crippen LogP contribution in [0, 0.1) is 13.8 Å². The molecule has 3 aromatic heterocycles. The van der Waals surface area contributed by atoms with Crippen LogP contribution in [0.5, 0.6) is 0 Å². The summed E-state index contributed by atoms with van der Waals surface area (Å²) < 4.78 is 7.99. The highest BCUT2D eigenvalue weighted by Crippen LogP contribution is 2.27. The fourth-order valence-corrected chi connectivity index (χ4v) is 3.87. The van der Waals surface area contributed by atoms with E-state index in [4.69, 9.17) is 4.42 Å². The van der Waals surface area contributed by atoms with Gasteiger partial charge in [-0.25, -0.2) is 4.98 Å². The van der Waals surface area contributed by atoms with Crippen molar-refractivity contribution in [3.63, 3.8) is 0 Å². The van der Waals surface area contributed by atoms with Gasteiger partial charge in [0.1, 0.15) is 5.69 Å². The number of carbonyl (C=O) groups is 2. The topological polar surface area (TPSA) is 102 Å². The van der Waals surface area contributed by atoms with Gasteiger partial charge < -0.3 is 15.1 Å². The molecule has 3 heterocycles. The van der Waals surface area contributed by atoms with Crippen LogP contribution in [0.4, 0.5) is 5.69 Å². The largest absolute Gasteiger partial charge is 0.463 e. The second-order valence-corrected chi connectivity index (χ2v) is 8.05. The van der Waals surface area contributed by atoms with E-state index >= 15 is 0 Å². The van der Waals surface area contributed by atoms with Gasteiger partial charge in [0.2, 0.25) is 5.91 Å². The van der Waals surface area contributed by atoms with Crippen molar-refractivity contribution in [2.75, 3.05) is 11.9 Å². The Kier molecular flexibility index (Phi) is 5.60. The third kappa shape index (κ3) is 4.22. The molecule has 1 aromatic carbocycles. The summed E-state index contributed by atoms with van der Waals surface area (Å²) in [4.78, 5) is 30.0. The van der Waals surface area contributed by atoms with E-state index in [0.717, 1.165) is 10.0 Å². The molecule has 0 unspecified atom stereocenters. The Morgan fingerprint density at radius 1 is 1.19 bits per heavy atom. The van der Waals surface area contributed by atoms with Crippen molar-refractivity contribution >= 4 is 44.5 Å². The molecule has 0 aliphatic carbocycles. The Morgan fingerprint density at radius 3 is 2.71 bits per heavy atom. The Morgan fingerprint density at radius 2 is 2.00 bits per heavy atom. The van der Waals surface area contributed by atoms with Gasteiger partial charge in [-0.3, -0.25) is 14.3 Å².